The van der Waals surface area contributed by atoms with E-state index < -0.39 is 14.9 Å². The number of hydrogen-bond donors (Lipinski definition) is 1. The average molecular weight is 323 g/mol. The van der Waals surface area contributed by atoms with Crippen molar-refractivity contribution in [3.05, 3.63) is 28.4 Å². The number of nitro groups is 1. The number of piperidine rings is 1. The van der Waals surface area contributed by atoms with Gasteiger partial charge in [-0.2, -0.15) is 4.31 Å². The molecule has 0 aromatic carbocycles. The van der Waals surface area contributed by atoms with Gasteiger partial charge in [0.2, 0.25) is 0 Å². The number of hydrogen-bond acceptors (Lipinski definition) is 6. The van der Waals surface area contributed by atoms with Crippen LogP contribution in [0.25, 0.3) is 0 Å². The number of pyridine rings is 1. The lowest BCUT2D eigenvalue weighted by molar-refractivity contribution is -0.385. The summed E-state index contributed by atoms with van der Waals surface area (Å²) in [4.78, 5) is 13.5. The first-order chi connectivity index (χ1) is 8.91. The largest absolute Gasteiger partial charge is 0.327 e. The van der Waals surface area contributed by atoms with E-state index in [2.05, 4.69) is 4.98 Å². The predicted molar refractivity (Wildman–Crippen MR) is 74.1 cm³/mol. The van der Waals surface area contributed by atoms with Gasteiger partial charge in [-0.1, -0.05) is 0 Å². The first-order valence-electron chi connectivity index (χ1n) is 5.77. The van der Waals surface area contributed by atoms with E-state index in [4.69, 9.17) is 5.73 Å². The first-order valence-corrected chi connectivity index (χ1v) is 7.21. The maximum Gasteiger partial charge on any atom is 0.287 e. The Morgan fingerprint density at radius 3 is 2.65 bits per heavy atom. The third-order valence-electron chi connectivity index (χ3n) is 2.96. The van der Waals surface area contributed by atoms with E-state index in [9.17, 15) is 18.5 Å². The minimum absolute atomic E-state index is 0. The third-order valence-corrected chi connectivity index (χ3v) is 4.74. The molecule has 1 unspecified atom stereocenters. The molecule has 1 saturated heterocycles. The molecule has 1 aromatic heterocycles. The Labute approximate surface area is 122 Å². The lowest BCUT2D eigenvalue weighted by Crippen LogP contribution is -2.45. The lowest BCUT2D eigenvalue weighted by atomic mass is 10.1. The maximum absolute atomic E-state index is 12.3. The fourth-order valence-corrected chi connectivity index (χ4v) is 3.41. The topological polar surface area (TPSA) is 119 Å². The normalized spacial score (nSPS) is 20.1. The van der Waals surface area contributed by atoms with Crippen LogP contribution in [0.3, 0.4) is 0 Å². The molecule has 1 aromatic rings. The van der Waals surface area contributed by atoms with Crippen LogP contribution < -0.4 is 5.73 Å². The van der Waals surface area contributed by atoms with Gasteiger partial charge in [-0.25, -0.2) is 13.4 Å². The Balaban J connectivity index is 0.00000200. The number of nitrogens with two attached hydrogens (primary N) is 1. The van der Waals surface area contributed by atoms with Crippen molar-refractivity contribution in [1.29, 1.82) is 0 Å². The Morgan fingerprint density at radius 1 is 1.45 bits per heavy atom. The first kappa shape index (κ1) is 16.8. The van der Waals surface area contributed by atoms with E-state index in [-0.39, 0.29) is 35.7 Å². The molecule has 0 aliphatic carbocycles. The summed E-state index contributed by atoms with van der Waals surface area (Å²) in [5.41, 5.74) is 5.51. The van der Waals surface area contributed by atoms with Crippen molar-refractivity contribution in [3.8, 4) is 0 Å². The molecule has 112 valence electrons. The highest BCUT2D eigenvalue weighted by atomic mass is 35.5. The van der Waals surface area contributed by atoms with E-state index in [0.29, 0.717) is 13.0 Å². The van der Waals surface area contributed by atoms with Gasteiger partial charge in [-0.3, -0.25) is 10.1 Å². The number of nitrogens with zero attached hydrogens (tertiary/aromatic N) is 3. The molecule has 2 heterocycles. The fourth-order valence-electron chi connectivity index (χ4n) is 1.96. The van der Waals surface area contributed by atoms with E-state index in [1.807, 2.05) is 0 Å². The van der Waals surface area contributed by atoms with Gasteiger partial charge in [-0.15, -0.1) is 12.4 Å². The van der Waals surface area contributed by atoms with Crippen molar-refractivity contribution in [2.45, 2.75) is 23.9 Å². The molecule has 1 atom stereocenters. The van der Waals surface area contributed by atoms with Crippen LogP contribution in [0.4, 0.5) is 5.69 Å². The van der Waals surface area contributed by atoms with Crippen LogP contribution in [-0.2, 0) is 10.0 Å². The molecule has 0 saturated carbocycles. The molecular weight excluding hydrogens is 308 g/mol. The summed E-state index contributed by atoms with van der Waals surface area (Å²) in [5, 5.41) is 10.3. The van der Waals surface area contributed by atoms with E-state index in [1.54, 1.807) is 0 Å². The highest BCUT2D eigenvalue weighted by molar-refractivity contribution is 7.89. The van der Waals surface area contributed by atoms with Crippen LogP contribution in [0.5, 0.6) is 0 Å². The quantitative estimate of drug-likeness (QED) is 0.640. The van der Waals surface area contributed by atoms with Gasteiger partial charge in [0, 0.05) is 25.2 Å². The Morgan fingerprint density at radius 2 is 2.15 bits per heavy atom. The van der Waals surface area contributed by atoms with Gasteiger partial charge < -0.3 is 5.73 Å². The molecule has 1 aliphatic rings. The molecule has 1 aliphatic heterocycles. The van der Waals surface area contributed by atoms with Crippen LogP contribution in [0.1, 0.15) is 12.8 Å². The molecule has 1 fully saturated rings. The van der Waals surface area contributed by atoms with Gasteiger partial charge in [0.25, 0.3) is 15.7 Å². The summed E-state index contributed by atoms with van der Waals surface area (Å²) in [5.74, 6) is 0. The van der Waals surface area contributed by atoms with Crippen LogP contribution in [-0.4, -0.2) is 41.8 Å². The monoisotopic (exact) mass is 322 g/mol. The van der Waals surface area contributed by atoms with Crippen LogP contribution in [0.15, 0.2) is 23.4 Å². The lowest BCUT2D eigenvalue weighted by Gasteiger charge is -2.29. The summed E-state index contributed by atoms with van der Waals surface area (Å²) >= 11 is 0. The maximum atomic E-state index is 12.3. The number of rotatable bonds is 3. The van der Waals surface area contributed by atoms with Crippen LogP contribution in [0.2, 0.25) is 0 Å². The highest BCUT2D eigenvalue weighted by Gasteiger charge is 2.30. The second kappa shape index (κ2) is 6.44. The second-order valence-corrected chi connectivity index (χ2v) is 6.26. The zero-order valence-corrected chi connectivity index (χ0v) is 12.1. The van der Waals surface area contributed by atoms with Crippen molar-refractivity contribution in [2.75, 3.05) is 13.1 Å². The van der Waals surface area contributed by atoms with Crippen LogP contribution in [0, 0.1) is 10.1 Å². The zero-order valence-electron chi connectivity index (χ0n) is 10.5. The standard InChI is InChI=1S/C10H14N4O4S.ClH/c11-8-2-1-5-13(7-8)19(17,18)10-4-3-9(6-12-10)14(15)16;/h3-4,6,8H,1-2,5,7,11H2;1H. The van der Waals surface area contributed by atoms with Crippen LogP contribution >= 0.6 is 12.4 Å². The number of sulfonamides is 1. The molecule has 8 nitrogen and oxygen atoms in total. The predicted octanol–water partition coefficient (Wildman–Crippen LogP) is 0.523. The number of aromatic nitrogens is 1. The zero-order chi connectivity index (χ0) is 14.0. The highest BCUT2D eigenvalue weighted by Crippen LogP contribution is 2.20. The molecule has 0 amide bonds. The molecule has 0 bridgehead atoms. The van der Waals surface area contributed by atoms with Crippen molar-refractivity contribution in [2.24, 2.45) is 5.73 Å². The van der Waals surface area contributed by atoms with Crippen molar-refractivity contribution >= 4 is 28.1 Å². The van der Waals surface area contributed by atoms with Gasteiger partial charge in [-0.05, 0) is 18.9 Å². The van der Waals surface area contributed by atoms with Crippen molar-refractivity contribution in [3.63, 3.8) is 0 Å². The molecular formula is C10H15ClN4O4S. The molecule has 10 heteroatoms. The Bertz CT molecular complexity index is 577. The summed E-state index contributed by atoms with van der Waals surface area (Å²) in [6, 6.07) is 2.10. The van der Waals surface area contributed by atoms with Gasteiger partial charge in [0.1, 0.15) is 6.20 Å². The molecule has 20 heavy (non-hydrogen) atoms. The molecule has 0 spiro atoms. The third kappa shape index (κ3) is 3.42. The van der Waals surface area contributed by atoms with Gasteiger partial charge in [0.15, 0.2) is 5.03 Å². The van der Waals surface area contributed by atoms with E-state index in [0.717, 1.165) is 24.8 Å². The summed E-state index contributed by atoms with van der Waals surface area (Å²) in [6.07, 6.45) is 2.43. The Hall–Kier alpha value is -1.29. The van der Waals surface area contributed by atoms with Crippen molar-refractivity contribution in [1.82, 2.24) is 9.29 Å². The molecule has 0 radical (unpaired) electrons. The fraction of sp³-hybridized carbons (Fsp3) is 0.500. The number of halogens is 1. The SMILES string of the molecule is Cl.NC1CCCN(S(=O)(=O)c2ccc([N+](=O)[O-])cn2)C1. The second-order valence-electron chi connectivity index (χ2n) is 4.38. The summed E-state index contributed by atoms with van der Waals surface area (Å²) in [6.45, 7) is 0.649. The van der Waals surface area contributed by atoms with Gasteiger partial charge in [0.05, 0.1) is 4.92 Å². The van der Waals surface area contributed by atoms with E-state index in [1.165, 1.54) is 4.31 Å². The minimum Gasteiger partial charge on any atom is -0.327 e. The van der Waals surface area contributed by atoms with Gasteiger partial charge >= 0.3 is 0 Å². The Kier molecular flexibility index (Phi) is 5.40. The molecule has 2 rings (SSSR count). The minimum atomic E-state index is -3.72. The smallest absolute Gasteiger partial charge is 0.287 e. The van der Waals surface area contributed by atoms with E-state index >= 15 is 0 Å². The molecule has 2 N–H and O–H groups in total. The summed E-state index contributed by atoms with van der Waals surface area (Å²) in [7, 11) is -3.72. The summed E-state index contributed by atoms with van der Waals surface area (Å²) < 4.78 is 25.8. The van der Waals surface area contributed by atoms with Crippen molar-refractivity contribution < 1.29 is 13.3 Å². The average Bonchev–Trinajstić information content (AvgIpc) is 2.39.